The average Bonchev–Trinajstić information content (AvgIpc) is 3.94. The normalized spacial score (nSPS) is 17.3. The molecule has 0 spiro atoms. The molecule has 2 saturated carbocycles. The highest BCUT2D eigenvalue weighted by Crippen LogP contribution is 2.34. The first kappa shape index (κ1) is 36.6. The molecule has 6 aromatic heterocycles. The van der Waals surface area contributed by atoms with E-state index in [0.717, 1.165) is 157 Å². The van der Waals surface area contributed by atoms with Gasteiger partial charge < -0.3 is 21.7 Å². The summed E-state index contributed by atoms with van der Waals surface area (Å²) in [5.74, 6) is 9.22. The summed E-state index contributed by atoms with van der Waals surface area (Å²) in [6, 6.07) is 7.93. The molecule has 55 heavy (non-hydrogen) atoms. The molecule has 13 heteroatoms. The lowest BCUT2D eigenvalue weighted by Gasteiger charge is -2.12. The number of nitrogens with two attached hydrogens (primary N) is 2. The van der Waals surface area contributed by atoms with Gasteiger partial charge in [-0.05, 0) is 141 Å². The number of rotatable bonds is 0. The fraction of sp³-hybridized carbons (Fsp3) is 0.381. The first-order valence-corrected chi connectivity index (χ1v) is 19.8. The summed E-state index contributed by atoms with van der Waals surface area (Å²) >= 11 is 3.51. The number of pyridine rings is 2. The van der Waals surface area contributed by atoms with Gasteiger partial charge in [-0.15, -0.1) is 6.42 Å². The molecule has 12 nitrogen and oxygen atoms in total. The van der Waals surface area contributed by atoms with Crippen LogP contribution in [0.3, 0.4) is 0 Å². The van der Waals surface area contributed by atoms with E-state index in [1.165, 1.54) is 0 Å². The number of imidazole rings is 2. The first-order valence-electron chi connectivity index (χ1n) is 19.0. The zero-order valence-corrected chi connectivity index (χ0v) is 32.2. The van der Waals surface area contributed by atoms with E-state index < -0.39 is 11.2 Å². The summed E-state index contributed by atoms with van der Waals surface area (Å²) in [5.41, 5.74) is 20.9. The zero-order chi connectivity index (χ0) is 38.2. The van der Waals surface area contributed by atoms with Crippen molar-refractivity contribution in [3.63, 3.8) is 0 Å². The fourth-order valence-corrected chi connectivity index (χ4v) is 8.31. The molecule has 0 bridgehead atoms. The van der Waals surface area contributed by atoms with E-state index in [0.29, 0.717) is 5.95 Å². The lowest BCUT2D eigenvalue weighted by Crippen LogP contribution is -2.20. The average molecular weight is 800 g/mol. The second-order valence-corrected chi connectivity index (χ2v) is 15.7. The third kappa shape index (κ3) is 7.65. The molecule has 4 aliphatic carbocycles. The Morgan fingerprint density at radius 1 is 0.655 bits per heavy atom. The van der Waals surface area contributed by atoms with Crippen molar-refractivity contribution in [2.45, 2.75) is 101 Å². The van der Waals surface area contributed by atoms with Crippen molar-refractivity contribution in [1.82, 2.24) is 38.7 Å². The molecule has 0 aromatic carbocycles. The van der Waals surface area contributed by atoms with Crippen molar-refractivity contribution < 1.29 is 10.2 Å². The van der Waals surface area contributed by atoms with E-state index in [1.54, 1.807) is 0 Å². The van der Waals surface area contributed by atoms with Gasteiger partial charge in [-0.1, -0.05) is 17.8 Å². The van der Waals surface area contributed by atoms with Crippen LogP contribution in [0, 0.1) is 24.2 Å². The van der Waals surface area contributed by atoms with Crippen molar-refractivity contribution in [3.05, 3.63) is 81.6 Å². The molecule has 0 atom stereocenters. The quantitative estimate of drug-likeness (QED) is 0.132. The number of halogens is 1. The monoisotopic (exact) mass is 798 g/mol. The van der Waals surface area contributed by atoms with Gasteiger partial charge in [0.25, 0.3) is 0 Å². The summed E-state index contributed by atoms with van der Waals surface area (Å²) in [4.78, 5) is 26.8. The Bertz CT molecular complexity index is 2510. The number of fused-ring (bicyclic) bond motifs is 10. The Balaban J connectivity index is 0.000000133. The van der Waals surface area contributed by atoms with Gasteiger partial charge in [0.1, 0.15) is 22.5 Å². The van der Waals surface area contributed by atoms with E-state index in [2.05, 4.69) is 62.4 Å². The fourth-order valence-electron chi connectivity index (χ4n) is 7.97. The highest BCUT2D eigenvalue weighted by Gasteiger charge is 2.29. The van der Waals surface area contributed by atoms with E-state index in [-0.39, 0.29) is 5.95 Å². The maximum Gasteiger partial charge on any atom is 0.220 e. The molecular weight excluding hydrogens is 756 g/mol. The van der Waals surface area contributed by atoms with Crippen molar-refractivity contribution in [2.75, 3.05) is 11.5 Å². The number of aromatic nitrogens is 8. The third-order valence-corrected chi connectivity index (χ3v) is 11.3. The van der Waals surface area contributed by atoms with E-state index in [9.17, 15) is 10.2 Å². The molecule has 2 fully saturated rings. The van der Waals surface area contributed by atoms with Crippen LogP contribution in [0.4, 0.5) is 11.9 Å². The minimum atomic E-state index is -0.838. The molecule has 280 valence electrons. The topological polar surface area (TPSA) is 179 Å². The summed E-state index contributed by atoms with van der Waals surface area (Å²) in [6.07, 6.45) is 25.9. The van der Waals surface area contributed by atoms with Crippen molar-refractivity contribution in [3.8, 4) is 47.0 Å². The Morgan fingerprint density at radius 3 is 1.69 bits per heavy atom. The highest BCUT2D eigenvalue weighted by atomic mass is 79.9. The zero-order valence-electron chi connectivity index (χ0n) is 30.6. The van der Waals surface area contributed by atoms with Crippen molar-refractivity contribution in [1.29, 1.82) is 0 Å². The Kier molecular flexibility index (Phi) is 10.0. The number of hydrogen-bond acceptors (Lipinski definition) is 10. The molecule has 0 unspecified atom stereocenters. The molecule has 6 N–H and O–H groups in total. The van der Waals surface area contributed by atoms with E-state index >= 15 is 0 Å². The Morgan fingerprint density at radius 2 is 1.16 bits per heavy atom. The molecule has 0 aliphatic heterocycles. The van der Waals surface area contributed by atoms with Gasteiger partial charge >= 0.3 is 0 Å². The van der Waals surface area contributed by atoms with Gasteiger partial charge in [0, 0.05) is 34.8 Å². The van der Waals surface area contributed by atoms with Crippen molar-refractivity contribution >= 4 is 39.1 Å². The molecule has 0 amide bonds. The van der Waals surface area contributed by atoms with Crippen LogP contribution < -0.4 is 11.5 Å². The van der Waals surface area contributed by atoms with Crippen LogP contribution in [-0.2, 0) is 25.7 Å². The Labute approximate surface area is 328 Å². The van der Waals surface area contributed by atoms with E-state index in [1.807, 2.05) is 49.1 Å². The lowest BCUT2D eigenvalue weighted by atomic mass is 10.0. The van der Waals surface area contributed by atoms with Gasteiger partial charge in [-0.25, -0.2) is 29.9 Å². The molecule has 0 saturated heterocycles. The first-order chi connectivity index (χ1) is 26.6. The minimum Gasteiger partial charge on any atom is -0.378 e. The number of hydrogen-bond donors (Lipinski definition) is 4. The molecule has 6 aromatic rings. The van der Waals surface area contributed by atoms with Crippen LogP contribution in [-0.4, -0.2) is 60.1 Å². The van der Waals surface area contributed by atoms with Crippen LogP contribution in [0.2, 0.25) is 0 Å². The van der Waals surface area contributed by atoms with Gasteiger partial charge in [-0.2, -0.15) is 0 Å². The van der Waals surface area contributed by atoms with E-state index in [4.69, 9.17) is 27.9 Å². The Hall–Kier alpha value is -5.34. The summed E-state index contributed by atoms with van der Waals surface area (Å²) in [6.45, 7) is 0. The van der Waals surface area contributed by atoms with Gasteiger partial charge in [0.2, 0.25) is 11.9 Å². The largest absolute Gasteiger partial charge is 0.378 e. The minimum absolute atomic E-state index is 0.274. The predicted molar refractivity (Wildman–Crippen MR) is 216 cm³/mol. The predicted octanol–water partition coefficient (Wildman–Crippen LogP) is 6.07. The number of aryl methyl sites for hydroxylation is 4. The summed E-state index contributed by atoms with van der Waals surface area (Å²) in [5, 5.41) is 19.8. The van der Waals surface area contributed by atoms with Crippen LogP contribution in [0.5, 0.6) is 0 Å². The standard InChI is InChI=1S/C21H21N5O.C14H12BrN5.C7H10O/c22-20-23-12-15-4-3-5-16-19(18(15)25-20)26-13-14(6-7-17(26)24-16)8-11-21(27)9-1-2-10-21;15-9-4-5-11-18-10-3-1-2-8-6-17-14(16)19-12(8)13(10)20(11)7-9;1-2-7(8)5-3-4-6-7/h6-7,12-13,27H,1-5,9-10H2,(H2,22,23,25);4-7H,1-3H2,(H2,16,17,19);1,8H,3-6H2. The molecule has 4 aliphatic rings. The SMILES string of the molecule is C#CC1(O)CCCC1.Nc1ncc2c(n1)-c1c(nc3ccc(Br)cn13)CCC2.Nc1ncc2c(n1)-c1c(nc3ccc(C#CC4(O)CCCC4)cn13)CCC2. The smallest absolute Gasteiger partial charge is 0.220 e. The number of terminal acetylenes is 1. The summed E-state index contributed by atoms with van der Waals surface area (Å²) < 4.78 is 5.14. The van der Waals surface area contributed by atoms with Gasteiger partial charge in [0.15, 0.2) is 0 Å². The van der Waals surface area contributed by atoms with Gasteiger partial charge in [0.05, 0.1) is 34.2 Å². The molecule has 0 radical (unpaired) electrons. The van der Waals surface area contributed by atoms with Crippen molar-refractivity contribution in [2.24, 2.45) is 0 Å². The van der Waals surface area contributed by atoms with Crippen LogP contribution in [0.25, 0.3) is 34.1 Å². The lowest BCUT2D eigenvalue weighted by molar-refractivity contribution is 0.109. The van der Waals surface area contributed by atoms with Crippen LogP contribution in [0.1, 0.15) is 92.3 Å². The van der Waals surface area contributed by atoms with Crippen LogP contribution >= 0.6 is 15.9 Å². The third-order valence-electron chi connectivity index (χ3n) is 10.8. The molecular formula is C42H43BrN10O2. The maximum absolute atomic E-state index is 10.5. The number of nitrogens with zero attached hydrogens (tertiary/aromatic N) is 8. The van der Waals surface area contributed by atoms with Gasteiger partial charge in [-0.3, -0.25) is 8.80 Å². The number of nitrogen functional groups attached to an aromatic ring is 2. The highest BCUT2D eigenvalue weighted by molar-refractivity contribution is 9.10. The van der Waals surface area contributed by atoms with Crippen LogP contribution in [0.15, 0.2) is 53.5 Å². The second kappa shape index (κ2) is 15.1. The molecule has 10 rings (SSSR count). The molecule has 6 heterocycles. The number of aliphatic hydroxyl groups is 2. The second-order valence-electron chi connectivity index (χ2n) is 14.8. The number of anilines is 2. The summed E-state index contributed by atoms with van der Waals surface area (Å²) in [7, 11) is 0. The maximum atomic E-state index is 10.5.